The van der Waals surface area contributed by atoms with Gasteiger partial charge in [0.15, 0.2) is 12.0 Å². The molecule has 2 rings (SSSR count). The van der Waals surface area contributed by atoms with E-state index in [0.717, 1.165) is 22.1 Å². The highest BCUT2D eigenvalue weighted by molar-refractivity contribution is 9.10. The van der Waals surface area contributed by atoms with Crippen LogP contribution < -0.4 is 0 Å². The van der Waals surface area contributed by atoms with Crippen molar-refractivity contribution in [2.24, 2.45) is 0 Å². The Morgan fingerprint density at radius 1 is 1.05 bits per heavy atom. The minimum absolute atomic E-state index is 0.368. The second-order valence-corrected chi connectivity index (χ2v) is 6.50. The number of benzene rings is 1. The van der Waals surface area contributed by atoms with Gasteiger partial charge in [0.05, 0.1) is 0 Å². The summed E-state index contributed by atoms with van der Waals surface area (Å²) < 4.78 is 6.74. The monoisotopic (exact) mass is 334 g/mol. The largest absolute Gasteiger partial charge is 0.453 e. The van der Waals surface area contributed by atoms with E-state index >= 15 is 0 Å². The van der Waals surface area contributed by atoms with Crippen LogP contribution in [0.1, 0.15) is 61.2 Å². The first kappa shape index (κ1) is 15.0. The molecule has 1 aromatic heterocycles. The molecule has 3 heteroatoms. The molecule has 0 aliphatic rings. The van der Waals surface area contributed by atoms with Gasteiger partial charge >= 0.3 is 0 Å². The lowest BCUT2D eigenvalue weighted by Crippen LogP contribution is -1.99. The summed E-state index contributed by atoms with van der Waals surface area (Å²) >= 11 is 3.59. The van der Waals surface area contributed by atoms with Crippen LogP contribution in [0.5, 0.6) is 0 Å². The molecule has 0 bridgehead atoms. The lowest BCUT2D eigenvalue weighted by Gasteiger charge is -2.19. The van der Waals surface area contributed by atoms with Gasteiger partial charge in [0.1, 0.15) is 5.76 Å². The SMILES string of the molecule is CC(C)c1cc(Br)cc(C(C)C)c1-c1ccc(C=O)o1. The minimum atomic E-state index is 0.368. The third kappa shape index (κ3) is 2.88. The molecule has 0 N–H and O–H groups in total. The first-order valence-corrected chi connectivity index (χ1v) is 7.62. The van der Waals surface area contributed by atoms with Crippen molar-refractivity contribution in [3.05, 3.63) is 45.6 Å². The first-order valence-electron chi connectivity index (χ1n) is 6.82. The molecule has 0 unspecified atom stereocenters. The van der Waals surface area contributed by atoms with Gasteiger partial charge in [0, 0.05) is 10.0 Å². The molecule has 0 spiro atoms. The fourth-order valence-corrected chi connectivity index (χ4v) is 2.89. The molecular weight excluding hydrogens is 316 g/mol. The van der Waals surface area contributed by atoms with Crippen LogP contribution in [0.2, 0.25) is 0 Å². The molecule has 0 saturated heterocycles. The van der Waals surface area contributed by atoms with Gasteiger partial charge in [-0.05, 0) is 47.2 Å². The van der Waals surface area contributed by atoms with Gasteiger partial charge in [0.2, 0.25) is 0 Å². The van der Waals surface area contributed by atoms with E-state index < -0.39 is 0 Å². The van der Waals surface area contributed by atoms with Crippen LogP contribution in [0.25, 0.3) is 11.3 Å². The van der Waals surface area contributed by atoms with Crippen molar-refractivity contribution in [3.8, 4) is 11.3 Å². The average molecular weight is 335 g/mol. The van der Waals surface area contributed by atoms with Gasteiger partial charge in [-0.15, -0.1) is 0 Å². The number of carbonyl (C=O) groups excluding carboxylic acids is 1. The number of aldehydes is 1. The minimum Gasteiger partial charge on any atom is -0.453 e. The van der Waals surface area contributed by atoms with Crippen molar-refractivity contribution in [1.82, 2.24) is 0 Å². The zero-order valence-electron chi connectivity index (χ0n) is 12.2. The van der Waals surface area contributed by atoms with Crippen LogP contribution in [0.15, 0.2) is 33.2 Å². The molecule has 0 fully saturated rings. The van der Waals surface area contributed by atoms with Crippen molar-refractivity contribution >= 4 is 22.2 Å². The predicted molar refractivity (Wildman–Crippen MR) is 85.4 cm³/mol. The second-order valence-electron chi connectivity index (χ2n) is 5.59. The molecule has 2 nitrogen and oxygen atoms in total. The fraction of sp³-hybridized carbons (Fsp3) is 0.353. The van der Waals surface area contributed by atoms with Crippen molar-refractivity contribution in [2.75, 3.05) is 0 Å². The highest BCUT2D eigenvalue weighted by Crippen LogP contribution is 2.39. The standard InChI is InChI=1S/C17H19BrO2/c1-10(2)14-7-12(18)8-15(11(3)4)17(14)16-6-5-13(9-19)20-16/h5-11H,1-4H3. The first-order chi connectivity index (χ1) is 9.43. The molecule has 0 atom stereocenters. The zero-order valence-corrected chi connectivity index (χ0v) is 13.8. The summed E-state index contributed by atoms with van der Waals surface area (Å²) in [6.45, 7) is 8.66. The van der Waals surface area contributed by atoms with Crippen molar-refractivity contribution in [3.63, 3.8) is 0 Å². The van der Waals surface area contributed by atoms with Gasteiger partial charge in [-0.1, -0.05) is 43.6 Å². The van der Waals surface area contributed by atoms with Crippen LogP contribution in [0.4, 0.5) is 0 Å². The third-order valence-corrected chi connectivity index (χ3v) is 3.86. The number of halogens is 1. The third-order valence-electron chi connectivity index (χ3n) is 3.40. The normalized spacial score (nSPS) is 11.3. The smallest absolute Gasteiger partial charge is 0.185 e. The van der Waals surface area contributed by atoms with Crippen molar-refractivity contribution in [1.29, 1.82) is 0 Å². The topological polar surface area (TPSA) is 30.2 Å². The number of hydrogen-bond acceptors (Lipinski definition) is 2. The van der Waals surface area contributed by atoms with Gasteiger partial charge in [-0.3, -0.25) is 4.79 Å². The summed E-state index contributed by atoms with van der Waals surface area (Å²) in [6, 6.07) is 7.87. The van der Waals surface area contributed by atoms with E-state index in [1.165, 1.54) is 11.1 Å². The maximum atomic E-state index is 10.8. The molecule has 20 heavy (non-hydrogen) atoms. The van der Waals surface area contributed by atoms with Crippen molar-refractivity contribution in [2.45, 2.75) is 39.5 Å². The molecule has 1 heterocycles. The van der Waals surface area contributed by atoms with Gasteiger partial charge in [-0.25, -0.2) is 0 Å². The Morgan fingerprint density at radius 2 is 1.60 bits per heavy atom. The maximum Gasteiger partial charge on any atom is 0.185 e. The van der Waals surface area contributed by atoms with Crippen LogP contribution in [0, 0.1) is 0 Å². The number of carbonyl (C=O) groups is 1. The molecular formula is C17H19BrO2. The van der Waals surface area contributed by atoms with Gasteiger partial charge in [0.25, 0.3) is 0 Å². The van der Waals surface area contributed by atoms with E-state index in [0.29, 0.717) is 17.6 Å². The maximum absolute atomic E-state index is 10.8. The quantitative estimate of drug-likeness (QED) is 0.664. The van der Waals surface area contributed by atoms with Crippen LogP contribution in [-0.2, 0) is 0 Å². The second kappa shape index (κ2) is 5.96. The van der Waals surface area contributed by atoms with E-state index in [1.54, 1.807) is 6.07 Å². The molecule has 0 saturated carbocycles. The molecule has 106 valence electrons. The van der Waals surface area contributed by atoms with E-state index in [4.69, 9.17) is 4.42 Å². The van der Waals surface area contributed by atoms with Gasteiger partial charge < -0.3 is 4.42 Å². The Balaban J connectivity index is 2.73. The Kier molecular flexibility index (Phi) is 4.48. The number of hydrogen-bond donors (Lipinski definition) is 0. The summed E-state index contributed by atoms with van der Waals surface area (Å²) in [6.07, 6.45) is 0.743. The van der Waals surface area contributed by atoms with E-state index in [-0.39, 0.29) is 0 Å². The van der Waals surface area contributed by atoms with E-state index in [9.17, 15) is 4.79 Å². The van der Waals surface area contributed by atoms with Crippen molar-refractivity contribution < 1.29 is 9.21 Å². The lowest BCUT2D eigenvalue weighted by atomic mass is 9.87. The van der Waals surface area contributed by atoms with Crippen LogP contribution in [-0.4, -0.2) is 6.29 Å². The lowest BCUT2D eigenvalue weighted by molar-refractivity contribution is 0.110. The fourth-order valence-electron chi connectivity index (χ4n) is 2.40. The molecule has 0 amide bonds. The molecule has 1 aromatic carbocycles. The Labute approximate surface area is 128 Å². The Morgan fingerprint density at radius 3 is 2.00 bits per heavy atom. The van der Waals surface area contributed by atoms with E-state index in [2.05, 4.69) is 55.8 Å². The molecule has 0 radical (unpaired) electrons. The predicted octanol–water partition coefficient (Wildman–Crippen LogP) is 5.77. The molecule has 0 aliphatic heterocycles. The van der Waals surface area contributed by atoms with E-state index in [1.807, 2.05) is 6.07 Å². The summed E-state index contributed by atoms with van der Waals surface area (Å²) in [5, 5.41) is 0. The summed E-state index contributed by atoms with van der Waals surface area (Å²) in [5.74, 6) is 1.90. The highest BCUT2D eigenvalue weighted by atomic mass is 79.9. The number of rotatable bonds is 4. The van der Waals surface area contributed by atoms with Gasteiger partial charge in [-0.2, -0.15) is 0 Å². The summed E-state index contributed by atoms with van der Waals surface area (Å²) in [5.41, 5.74) is 3.58. The summed E-state index contributed by atoms with van der Waals surface area (Å²) in [4.78, 5) is 10.8. The molecule has 0 aliphatic carbocycles. The van der Waals surface area contributed by atoms with Crippen LogP contribution >= 0.6 is 15.9 Å². The zero-order chi connectivity index (χ0) is 14.9. The Bertz CT molecular complexity index is 595. The Hall–Kier alpha value is -1.35. The van der Waals surface area contributed by atoms with Crippen LogP contribution in [0.3, 0.4) is 0 Å². The molecule has 2 aromatic rings. The highest BCUT2D eigenvalue weighted by Gasteiger charge is 2.19. The summed E-state index contributed by atoms with van der Waals surface area (Å²) in [7, 11) is 0. The average Bonchev–Trinajstić information content (AvgIpc) is 2.85. The number of furan rings is 1.